The second kappa shape index (κ2) is 5.95. The maximum atomic E-state index is 11.8. The summed E-state index contributed by atoms with van der Waals surface area (Å²) in [5, 5.41) is 8.85. The molecule has 0 atom stereocenters. The Morgan fingerprint density at radius 3 is 2.82 bits per heavy atom. The molecule has 0 bridgehead atoms. The number of carboxylic acid groups (broad SMARTS) is 1. The molecule has 0 aromatic carbocycles. The molecule has 0 amide bonds. The molecular formula is C11H13IN2O3. The van der Waals surface area contributed by atoms with E-state index >= 15 is 0 Å². The molecular weight excluding hydrogens is 335 g/mol. The van der Waals surface area contributed by atoms with Crippen molar-refractivity contribution in [3.63, 3.8) is 0 Å². The molecule has 0 aliphatic heterocycles. The lowest BCUT2D eigenvalue weighted by molar-refractivity contribution is -0.132. The van der Waals surface area contributed by atoms with Crippen LogP contribution in [-0.2, 0) is 11.3 Å². The van der Waals surface area contributed by atoms with Gasteiger partial charge in [0, 0.05) is 12.1 Å². The fourth-order valence-electron chi connectivity index (χ4n) is 1.27. The van der Waals surface area contributed by atoms with Gasteiger partial charge in [-0.3, -0.25) is 9.36 Å². The van der Waals surface area contributed by atoms with Crippen molar-refractivity contribution in [2.24, 2.45) is 0 Å². The molecule has 1 N–H and O–H groups in total. The number of hydrogen-bond donors (Lipinski definition) is 1. The number of carbonyl (C=O) groups is 1. The van der Waals surface area contributed by atoms with Crippen LogP contribution in [0.1, 0.15) is 19.0 Å². The number of carboxylic acids is 1. The second-order valence-corrected chi connectivity index (χ2v) is 4.57. The monoisotopic (exact) mass is 348 g/mol. The van der Waals surface area contributed by atoms with Gasteiger partial charge < -0.3 is 5.11 Å². The molecule has 1 heterocycles. The summed E-state index contributed by atoms with van der Waals surface area (Å²) in [6.45, 7) is 3.76. The maximum Gasteiger partial charge on any atom is 0.331 e. The minimum absolute atomic E-state index is 0.143. The molecule has 1 rings (SSSR count). The lowest BCUT2D eigenvalue weighted by Crippen LogP contribution is -2.23. The molecule has 5 nitrogen and oxygen atoms in total. The molecule has 0 aliphatic carbocycles. The lowest BCUT2D eigenvalue weighted by Gasteiger charge is -2.04. The van der Waals surface area contributed by atoms with Crippen LogP contribution >= 0.6 is 22.6 Å². The molecule has 0 aliphatic rings. The highest BCUT2D eigenvalue weighted by atomic mass is 127. The van der Waals surface area contributed by atoms with Crippen molar-refractivity contribution in [2.45, 2.75) is 26.8 Å². The number of hydrogen-bond acceptors (Lipinski definition) is 3. The minimum Gasteiger partial charge on any atom is -0.478 e. The summed E-state index contributed by atoms with van der Waals surface area (Å²) in [5.41, 5.74) is 0.840. The molecule has 0 unspecified atom stereocenters. The Kier molecular flexibility index (Phi) is 4.86. The van der Waals surface area contributed by atoms with Crippen molar-refractivity contribution >= 4 is 28.6 Å². The van der Waals surface area contributed by atoms with Gasteiger partial charge in [-0.2, -0.15) is 0 Å². The third-order valence-electron chi connectivity index (χ3n) is 2.35. The Balaban J connectivity index is 3.02. The first-order chi connectivity index (χ1) is 7.97. The Morgan fingerprint density at radius 2 is 2.29 bits per heavy atom. The summed E-state index contributed by atoms with van der Waals surface area (Å²) in [6.07, 6.45) is 3.41. The number of nitrogens with zero attached hydrogens (tertiary/aromatic N) is 2. The number of halogens is 1. The van der Waals surface area contributed by atoms with Crippen LogP contribution in [0, 0.1) is 10.5 Å². The highest BCUT2D eigenvalue weighted by Crippen LogP contribution is 2.03. The van der Waals surface area contributed by atoms with Crippen molar-refractivity contribution in [3.8, 4) is 0 Å². The van der Waals surface area contributed by atoms with E-state index in [4.69, 9.17) is 5.11 Å². The maximum absolute atomic E-state index is 11.8. The van der Waals surface area contributed by atoms with E-state index in [9.17, 15) is 9.59 Å². The second-order valence-electron chi connectivity index (χ2n) is 3.49. The van der Waals surface area contributed by atoms with E-state index < -0.39 is 5.97 Å². The smallest absolute Gasteiger partial charge is 0.331 e. The van der Waals surface area contributed by atoms with E-state index in [1.54, 1.807) is 13.8 Å². The highest BCUT2D eigenvalue weighted by molar-refractivity contribution is 14.1. The third kappa shape index (κ3) is 3.39. The summed E-state index contributed by atoms with van der Waals surface area (Å²) >= 11 is 1.94. The molecule has 0 fully saturated rings. The molecule has 0 spiro atoms. The summed E-state index contributed by atoms with van der Waals surface area (Å²) < 4.78 is 1.96. The van der Waals surface area contributed by atoms with E-state index in [0.717, 1.165) is 0 Å². The lowest BCUT2D eigenvalue weighted by atomic mass is 10.2. The molecule has 1 aromatic rings. The average Bonchev–Trinajstić information content (AvgIpc) is 2.29. The van der Waals surface area contributed by atoms with Crippen LogP contribution in [0.4, 0.5) is 0 Å². The first kappa shape index (κ1) is 13.9. The Morgan fingerprint density at radius 1 is 1.65 bits per heavy atom. The Bertz CT molecular complexity index is 520. The molecule has 17 heavy (non-hydrogen) atoms. The fraction of sp³-hybridized carbons (Fsp3) is 0.364. The largest absolute Gasteiger partial charge is 0.478 e. The first-order valence-electron chi connectivity index (χ1n) is 5.11. The van der Waals surface area contributed by atoms with Crippen LogP contribution in [0.2, 0.25) is 0 Å². The number of aromatic nitrogens is 2. The van der Waals surface area contributed by atoms with Gasteiger partial charge in [0.05, 0.1) is 15.6 Å². The van der Waals surface area contributed by atoms with E-state index in [1.165, 1.54) is 17.0 Å². The Hall–Kier alpha value is -1.18. The van der Waals surface area contributed by atoms with Crippen LogP contribution in [0.15, 0.2) is 22.8 Å². The Labute approximate surface area is 112 Å². The summed E-state index contributed by atoms with van der Waals surface area (Å²) in [4.78, 5) is 26.7. The molecule has 0 radical (unpaired) electrons. The summed E-state index contributed by atoms with van der Waals surface area (Å²) in [7, 11) is 0. The zero-order valence-electron chi connectivity index (χ0n) is 9.61. The summed E-state index contributed by atoms with van der Waals surface area (Å²) in [5.74, 6) is -0.949. The van der Waals surface area contributed by atoms with Gasteiger partial charge in [-0.25, -0.2) is 9.78 Å². The summed E-state index contributed by atoms with van der Waals surface area (Å²) in [6, 6.07) is 0. The average molecular weight is 348 g/mol. The normalized spacial score (nSPS) is 11.6. The molecule has 92 valence electrons. The molecule has 0 saturated heterocycles. The fourth-order valence-corrected chi connectivity index (χ4v) is 1.72. The molecule has 1 aromatic heterocycles. The predicted molar refractivity (Wildman–Crippen MR) is 72.0 cm³/mol. The van der Waals surface area contributed by atoms with E-state index in [1.807, 2.05) is 22.6 Å². The molecule has 6 heteroatoms. The SMILES string of the molecule is CCC(=CCn1cnc(C)c(I)c1=O)C(=O)O. The van der Waals surface area contributed by atoms with E-state index in [2.05, 4.69) is 4.98 Å². The number of allylic oxidation sites excluding steroid dienone is 1. The van der Waals surface area contributed by atoms with Gasteiger partial charge in [-0.05, 0) is 35.9 Å². The predicted octanol–water partition coefficient (Wildman–Crippen LogP) is 1.58. The van der Waals surface area contributed by atoms with Gasteiger partial charge in [-0.15, -0.1) is 0 Å². The first-order valence-corrected chi connectivity index (χ1v) is 6.19. The van der Waals surface area contributed by atoms with Crippen LogP contribution < -0.4 is 5.56 Å². The van der Waals surface area contributed by atoms with E-state index in [0.29, 0.717) is 21.3 Å². The minimum atomic E-state index is -0.949. The standard InChI is InChI=1S/C11H13IN2O3/c1-3-8(11(16)17)4-5-14-6-13-7(2)9(12)10(14)15/h4,6H,3,5H2,1-2H3,(H,16,17). The molecule has 0 saturated carbocycles. The van der Waals surface area contributed by atoms with Crippen LogP contribution in [0.25, 0.3) is 0 Å². The van der Waals surface area contributed by atoms with Gasteiger partial charge in [0.2, 0.25) is 0 Å². The van der Waals surface area contributed by atoms with Crippen LogP contribution in [0.3, 0.4) is 0 Å². The topological polar surface area (TPSA) is 72.2 Å². The van der Waals surface area contributed by atoms with Crippen molar-refractivity contribution in [3.05, 3.63) is 37.6 Å². The van der Waals surface area contributed by atoms with Crippen LogP contribution in [0.5, 0.6) is 0 Å². The van der Waals surface area contributed by atoms with Gasteiger partial charge in [-0.1, -0.05) is 13.0 Å². The van der Waals surface area contributed by atoms with Crippen molar-refractivity contribution < 1.29 is 9.90 Å². The van der Waals surface area contributed by atoms with Crippen molar-refractivity contribution in [1.82, 2.24) is 9.55 Å². The highest BCUT2D eigenvalue weighted by Gasteiger charge is 2.06. The zero-order valence-corrected chi connectivity index (χ0v) is 11.8. The van der Waals surface area contributed by atoms with Gasteiger partial charge in [0.1, 0.15) is 0 Å². The van der Waals surface area contributed by atoms with Crippen molar-refractivity contribution in [2.75, 3.05) is 0 Å². The number of aliphatic carboxylic acids is 1. The van der Waals surface area contributed by atoms with Crippen molar-refractivity contribution in [1.29, 1.82) is 0 Å². The van der Waals surface area contributed by atoms with Gasteiger partial charge >= 0.3 is 5.97 Å². The van der Waals surface area contributed by atoms with Gasteiger partial charge in [0.25, 0.3) is 5.56 Å². The number of rotatable bonds is 4. The van der Waals surface area contributed by atoms with Crippen LogP contribution in [-0.4, -0.2) is 20.6 Å². The quantitative estimate of drug-likeness (QED) is 0.662. The zero-order chi connectivity index (χ0) is 13.0. The van der Waals surface area contributed by atoms with Gasteiger partial charge in [0.15, 0.2) is 0 Å². The van der Waals surface area contributed by atoms with E-state index in [-0.39, 0.29) is 12.1 Å². The third-order valence-corrected chi connectivity index (χ3v) is 3.59. The number of aryl methyl sites for hydroxylation is 1.